The summed E-state index contributed by atoms with van der Waals surface area (Å²) >= 11 is 2.08. The molecule has 2 unspecified atom stereocenters. The number of hydrogen-bond acceptors (Lipinski definition) is 3. The number of hydrogen-bond donors (Lipinski definition) is 1. The lowest BCUT2D eigenvalue weighted by Crippen LogP contribution is -2.37. The number of nitrogens with two attached hydrogens (primary N) is 1. The molecule has 0 amide bonds. The van der Waals surface area contributed by atoms with Crippen LogP contribution in [0, 0.1) is 6.92 Å². The van der Waals surface area contributed by atoms with Gasteiger partial charge in [-0.15, -0.1) is 0 Å². The first-order valence-corrected chi connectivity index (χ1v) is 7.83. The molecule has 1 aliphatic rings. The van der Waals surface area contributed by atoms with E-state index < -0.39 is 0 Å². The van der Waals surface area contributed by atoms with E-state index >= 15 is 0 Å². The SMILES string of the molecule is Cc1cc(CC(C)N)ccc1N1CCSC(C)C1. The molecular formula is C15H24N2S. The van der Waals surface area contributed by atoms with Crippen molar-refractivity contribution >= 4 is 17.4 Å². The third kappa shape index (κ3) is 3.42. The summed E-state index contributed by atoms with van der Waals surface area (Å²) in [4.78, 5) is 2.52. The highest BCUT2D eigenvalue weighted by Gasteiger charge is 2.18. The highest BCUT2D eigenvalue weighted by Crippen LogP contribution is 2.27. The largest absolute Gasteiger partial charge is 0.369 e. The van der Waals surface area contributed by atoms with Gasteiger partial charge in [0.2, 0.25) is 0 Å². The first kappa shape index (κ1) is 13.8. The van der Waals surface area contributed by atoms with Crippen LogP contribution in [-0.4, -0.2) is 30.1 Å². The van der Waals surface area contributed by atoms with Gasteiger partial charge >= 0.3 is 0 Å². The predicted molar refractivity (Wildman–Crippen MR) is 82.7 cm³/mol. The van der Waals surface area contributed by atoms with Crippen LogP contribution in [0.1, 0.15) is 25.0 Å². The van der Waals surface area contributed by atoms with Gasteiger partial charge in [-0.25, -0.2) is 0 Å². The van der Waals surface area contributed by atoms with Crippen LogP contribution in [0.25, 0.3) is 0 Å². The van der Waals surface area contributed by atoms with Gasteiger partial charge in [-0.1, -0.05) is 19.1 Å². The molecule has 0 bridgehead atoms. The molecular weight excluding hydrogens is 240 g/mol. The summed E-state index contributed by atoms with van der Waals surface area (Å²) < 4.78 is 0. The van der Waals surface area contributed by atoms with E-state index in [9.17, 15) is 0 Å². The van der Waals surface area contributed by atoms with E-state index in [1.54, 1.807) is 0 Å². The molecule has 1 aromatic carbocycles. The number of benzene rings is 1. The number of thioether (sulfide) groups is 1. The Morgan fingerprint density at radius 2 is 2.28 bits per heavy atom. The molecule has 1 fully saturated rings. The Balaban J connectivity index is 2.13. The standard InChI is InChI=1S/C15H24N2S/c1-11-8-14(9-12(2)16)4-5-15(11)17-6-7-18-13(3)10-17/h4-5,8,12-13H,6-7,9-10,16H2,1-3H3. The minimum absolute atomic E-state index is 0.238. The van der Waals surface area contributed by atoms with Crippen LogP contribution < -0.4 is 10.6 Å². The molecule has 18 heavy (non-hydrogen) atoms. The maximum Gasteiger partial charge on any atom is 0.0396 e. The molecule has 0 aliphatic carbocycles. The zero-order valence-electron chi connectivity index (χ0n) is 11.6. The molecule has 0 saturated carbocycles. The Kier molecular flexibility index (Phi) is 4.57. The predicted octanol–water partition coefficient (Wildman–Crippen LogP) is 2.83. The minimum atomic E-state index is 0.238. The van der Waals surface area contributed by atoms with Crippen LogP contribution in [0.3, 0.4) is 0 Å². The second-order valence-electron chi connectivity index (χ2n) is 5.43. The Morgan fingerprint density at radius 3 is 2.89 bits per heavy atom. The molecule has 2 N–H and O–H groups in total. The third-order valence-corrected chi connectivity index (χ3v) is 4.54. The van der Waals surface area contributed by atoms with E-state index in [0.29, 0.717) is 0 Å². The fourth-order valence-corrected chi connectivity index (χ4v) is 3.62. The van der Waals surface area contributed by atoms with E-state index in [1.807, 2.05) is 0 Å². The van der Waals surface area contributed by atoms with E-state index in [0.717, 1.165) is 18.2 Å². The molecule has 2 nitrogen and oxygen atoms in total. The second kappa shape index (κ2) is 5.98. The summed E-state index contributed by atoms with van der Waals surface area (Å²) in [5.74, 6) is 1.24. The lowest BCUT2D eigenvalue weighted by molar-refractivity contribution is 0.736. The monoisotopic (exact) mass is 264 g/mol. The normalized spacial score (nSPS) is 22.0. The number of nitrogens with zero attached hydrogens (tertiary/aromatic N) is 1. The van der Waals surface area contributed by atoms with Crippen molar-refractivity contribution < 1.29 is 0 Å². The van der Waals surface area contributed by atoms with Crippen molar-refractivity contribution in [1.82, 2.24) is 0 Å². The van der Waals surface area contributed by atoms with Gasteiger partial charge in [0, 0.05) is 35.8 Å². The Labute approximate surface area is 115 Å². The zero-order chi connectivity index (χ0) is 13.1. The van der Waals surface area contributed by atoms with E-state index in [1.165, 1.54) is 29.1 Å². The average Bonchev–Trinajstić information content (AvgIpc) is 2.28. The van der Waals surface area contributed by atoms with Crippen LogP contribution in [0.2, 0.25) is 0 Å². The van der Waals surface area contributed by atoms with Crippen LogP contribution in [0.15, 0.2) is 18.2 Å². The molecule has 1 aromatic rings. The topological polar surface area (TPSA) is 29.3 Å². The summed E-state index contributed by atoms with van der Waals surface area (Å²) in [6.45, 7) is 8.93. The Morgan fingerprint density at radius 1 is 1.50 bits per heavy atom. The van der Waals surface area contributed by atoms with Crippen molar-refractivity contribution in [1.29, 1.82) is 0 Å². The van der Waals surface area contributed by atoms with Gasteiger partial charge in [0.25, 0.3) is 0 Å². The van der Waals surface area contributed by atoms with Gasteiger partial charge in [-0.3, -0.25) is 0 Å². The van der Waals surface area contributed by atoms with Crippen molar-refractivity contribution in [2.24, 2.45) is 5.73 Å². The third-order valence-electron chi connectivity index (χ3n) is 3.40. The average molecular weight is 264 g/mol. The van der Waals surface area contributed by atoms with Crippen molar-refractivity contribution in [3.8, 4) is 0 Å². The summed E-state index contributed by atoms with van der Waals surface area (Å²) in [7, 11) is 0. The van der Waals surface area contributed by atoms with Crippen LogP contribution in [-0.2, 0) is 6.42 Å². The highest BCUT2D eigenvalue weighted by atomic mass is 32.2. The Hall–Kier alpha value is -0.670. The van der Waals surface area contributed by atoms with Gasteiger partial charge < -0.3 is 10.6 Å². The first-order chi connectivity index (χ1) is 8.56. The molecule has 0 spiro atoms. The fourth-order valence-electron chi connectivity index (χ4n) is 2.61. The molecule has 2 atom stereocenters. The lowest BCUT2D eigenvalue weighted by Gasteiger charge is -2.33. The van der Waals surface area contributed by atoms with Crippen molar-refractivity contribution in [3.63, 3.8) is 0 Å². The molecule has 3 heteroatoms. The second-order valence-corrected chi connectivity index (χ2v) is 6.98. The highest BCUT2D eigenvalue weighted by molar-refractivity contribution is 8.00. The fraction of sp³-hybridized carbons (Fsp3) is 0.600. The van der Waals surface area contributed by atoms with Gasteiger partial charge in [0.15, 0.2) is 0 Å². The number of aryl methyl sites for hydroxylation is 1. The van der Waals surface area contributed by atoms with Gasteiger partial charge in [0.1, 0.15) is 0 Å². The van der Waals surface area contributed by atoms with Gasteiger partial charge in [-0.2, -0.15) is 11.8 Å². The molecule has 2 rings (SSSR count). The summed E-state index contributed by atoms with van der Waals surface area (Å²) in [6.07, 6.45) is 0.966. The molecule has 1 heterocycles. The van der Waals surface area contributed by atoms with Gasteiger partial charge in [0.05, 0.1) is 0 Å². The maximum atomic E-state index is 5.86. The number of anilines is 1. The summed E-state index contributed by atoms with van der Waals surface area (Å²) in [5.41, 5.74) is 9.99. The van der Waals surface area contributed by atoms with Crippen LogP contribution >= 0.6 is 11.8 Å². The lowest BCUT2D eigenvalue weighted by atomic mass is 10.0. The molecule has 1 aliphatic heterocycles. The van der Waals surface area contributed by atoms with E-state index in [-0.39, 0.29) is 6.04 Å². The van der Waals surface area contributed by atoms with Crippen molar-refractivity contribution in [2.75, 3.05) is 23.7 Å². The van der Waals surface area contributed by atoms with Gasteiger partial charge in [-0.05, 0) is 37.5 Å². The van der Waals surface area contributed by atoms with E-state index in [4.69, 9.17) is 5.73 Å². The smallest absolute Gasteiger partial charge is 0.0396 e. The minimum Gasteiger partial charge on any atom is -0.369 e. The maximum absolute atomic E-state index is 5.86. The molecule has 1 saturated heterocycles. The molecule has 0 radical (unpaired) electrons. The van der Waals surface area contributed by atoms with Crippen molar-refractivity contribution in [3.05, 3.63) is 29.3 Å². The van der Waals surface area contributed by atoms with Crippen molar-refractivity contribution in [2.45, 2.75) is 38.5 Å². The summed E-state index contributed by atoms with van der Waals surface area (Å²) in [5, 5.41) is 0.738. The van der Waals surface area contributed by atoms with E-state index in [2.05, 4.69) is 55.6 Å². The quantitative estimate of drug-likeness (QED) is 0.910. The van der Waals surface area contributed by atoms with Crippen LogP contribution in [0.4, 0.5) is 5.69 Å². The zero-order valence-corrected chi connectivity index (χ0v) is 12.5. The molecule has 100 valence electrons. The number of rotatable bonds is 3. The first-order valence-electron chi connectivity index (χ1n) is 6.78. The molecule has 0 aromatic heterocycles. The Bertz CT molecular complexity index is 403. The van der Waals surface area contributed by atoms with Crippen LogP contribution in [0.5, 0.6) is 0 Å². The summed E-state index contributed by atoms with van der Waals surface area (Å²) in [6, 6.07) is 7.04.